The van der Waals surface area contributed by atoms with Gasteiger partial charge in [0, 0.05) is 18.9 Å². The number of rotatable bonds is 1. The van der Waals surface area contributed by atoms with Gasteiger partial charge in [0.2, 0.25) is 5.79 Å². The number of aliphatic hydroxyl groups is 1. The Morgan fingerprint density at radius 3 is 2.76 bits per heavy atom. The van der Waals surface area contributed by atoms with E-state index in [-0.39, 0.29) is 18.0 Å². The fourth-order valence-electron chi connectivity index (χ4n) is 5.64. The first-order valence-corrected chi connectivity index (χ1v) is 7.96. The Balaban J connectivity index is 1.88. The number of hydrogen-bond donors (Lipinski definition) is 1. The summed E-state index contributed by atoms with van der Waals surface area (Å²) >= 11 is 0. The third-order valence-electron chi connectivity index (χ3n) is 7.10. The van der Waals surface area contributed by atoms with E-state index in [1.54, 1.807) is 7.11 Å². The van der Waals surface area contributed by atoms with Gasteiger partial charge < -0.3 is 19.3 Å². The average Bonchev–Trinajstić information content (AvgIpc) is 2.99. The molecule has 0 aromatic rings. The normalized spacial score (nSPS) is 61.6. The van der Waals surface area contributed by atoms with Crippen LogP contribution in [0.2, 0.25) is 0 Å². The van der Waals surface area contributed by atoms with Gasteiger partial charge in [-0.1, -0.05) is 20.3 Å². The van der Waals surface area contributed by atoms with Crippen molar-refractivity contribution in [3.63, 3.8) is 0 Å². The summed E-state index contributed by atoms with van der Waals surface area (Å²) in [5.74, 6) is -1.24. The van der Waals surface area contributed by atoms with Crippen molar-refractivity contribution in [2.24, 2.45) is 17.3 Å². The van der Waals surface area contributed by atoms with Crippen LogP contribution in [-0.2, 0) is 19.0 Å². The summed E-state index contributed by atoms with van der Waals surface area (Å²) in [6, 6.07) is 0. The van der Waals surface area contributed by atoms with Crippen molar-refractivity contribution in [3.05, 3.63) is 0 Å². The number of esters is 1. The van der Waals surface area contributed by atoms with Crippen LogP contribution in [0.4, 0.5) is 0 Å². The molecule has 0 spiro atoms. The monoisotopic (exact) mass is 296 g/mol. The lowest BCUT2D eigenvalue weighted by molar-refractivity contribution is -0.237. The Labute approximate surface area is 124 Å². The molecule has 4 rings (SSSR count). The van der Waals surface area contributed by atoms with E-state index in [4.69, 9.17) is 14.2 Å². The highest BCUT2D eigenvalue weighted by atomic mass is 16.8. The van der Waals surface area contributed by atoms with Gasteiger partial charge in [-0.15, -0.1) is 0 Å². The van der Waals surface area contributed by atoms with Crippen molar-refractivity contribution >= 4 is 5.97 Å². The molecule has 2 saturated carbocycles. The van der Waals surface area contributed by atoms with E-state index >= 15 is 0 Å². The molecule has 0 aromatic heterocycles. The SMILES string of the molecule is COC1C2(C)C(C)CCCC2(O)CC23OC(=O)C(C)C12O3. The van der Waals surface area contributed by atoms with Gasteiger partial charge in [-0.2, -0.15) is 0 Å². The highest BCUT2D eigenvalue weighted by molar-refractivity contribution is 5.79. The summed E-state index contributed by atoms with van der Waals surface area (Å²) < 4.78 is 17.4. The van der Waals surface area contributed by atoms with Gasteiger partial charge in [-0.25, -0.2) is 0 Å². The predicted molar refractivity (Wildman–Crippen MR) is 73.3 cm³/mol. The average molecular weight is 296 g/mol. The minimum atomic E-state index is -0.963. The molecule has 7 unspecified atom stereocenters. The van der Waals surface area contributed by atoms with Crippen LogP contribution in [0.15, 0.2) is 0 Å². The maximum absolute atomic E-state index is 12.1. The van der Waals surface area contributed by atoms with Crippen molar-refractivity contribution < 1.29 is 24.1 Å². The number of fused-ring (bicyclic) bond motifs is 1. The minimum absolute atomic E-state index is 0.234. The second-order valence-corrected chi connectivity index (χ2v) is 7.69. The van der Waals surface area contributed by atoms with E-state index in [9.17, 15) is 9.90 Å². The molecule has 2 heterocycles. The zero-order valence-corrected chi connectivity index (χ0v) is 13.1. The molecule has 0 radical (unpaired) electrons. The first-order valence-electron chi connectivity index (χ1n) is 7.96. The highest BCUT2D eigenvalue weighted by Crippen LogP contribution is 2.74. The van der Waals surface area contributed by atoms with E-state index in [1.807, 2.05) is 6.92 Å². The topological polar surface area (TPSA) is 68.3 Å². The second-order valence-electron chi connectivity index (χ2n) is 7.69. The smallest absolute Gasteiger partial charge is 0.314 e. The van der Waals surface area contributed by atoms with E-state index in [2.05, 4.69) is 13.8 Å². The van der Waals surface area contributed by atoms with Gasteiger partial charge in [0.25, 0.3) is 0 Å². The molecule has 4 fully saturated rings. The third-order valence-corrected chi connectivity index (χ3v) is 7.10. The number of carbonyl (C=O) groups excluding carboxylic acids is 1. The van der Waals surface area contributed by atoms with E-state index < -0.39 is 22.4 Å². The van der Waals surface area contributed by atoms with Crippen LogP contribution in [0.1, 0.15) is 46.5 Å². The number of methoxy groups -OCH3 is 1. The van der Waals surface area contributed by atoms with E-state index in [0.717, 1.165) is 12.8 Å². The Bertz CT molecular complexity index is 521. The summed E-state index contributed by atoms with van der Waals surface area (Å²) in [7, 11) is 1.65. The third kappa shape index (κ3) is 1.21. The molecule has 5 nitrogen and oxygen atoms in total. The number of hydrogen-bond acceptors (Lipinski definition) is 5. The summed E-state index contributed by atoms with van der Waals surface area (Å²) in [5.41, 5.74) is -2.05. The summed E-state index contributed by atoms with van der Waals surface area (Å²) in [4.78, 5) is 12.1. The zero-order chi connectivity index (χ0) is 15.3. The second kappa shape index (κ2) is 3.63. The number of epoxide rings is 1. The molecule has 4 aliphatic rings. The highest BCUT2D eigenvalue weighted by Gasteiger charge is 2.92. The van der Waals surface area contributed by atoms with Crippen LogP contribution in [0.5, 0.6) is 0 Å². The van der Waals surface area contributed by atoms with Crippen LogP contribution >= 0.6 is 0 Å². The predicted octanol–water partition coefficient (Wildman–Crippen LogP) is 1.62. The van der Waals surface area contributed by atoms with Crippen LogP contribution in [0.25, 0.3) is 0 Å². The number of carbonyl (C=O) groups is 1. The van der Waals surface area contributed by atoms with Crippen LogP contribution in [-0.4, -0.2) is 41.3 Å². The molecule has 21 heavy (non-hydrogen) atoms. The Morgan fingerprint density at radius 1 is 1.38 bits per heavy atom. The van der Waals surface area contributed by atoms with Crippen molar-refractivity contribution in [1.82, 2.24) is 0 Å². The summed E-state index contributed by atoms with van der Waals surface area (Å²) in [6.45, 7) is 6.12. The van der Waals surface area contributed by atoms with Gasteiger partial charge >= 0.3 is 5.97 Å². The van der Waals surface area contributed by atoms with Crippen LogP contribution < -0.4 is 0 Å². The molecule has 2 aliphatic carbocycles. The van der Waals surface area contributed by atoms with Crippen molar-refractivity contribution in [2.75, 3.05) is 7.11 Å². The minimum Gasteiger partial charge on any atom is -0.429 e. The Morgan fingerprint density at radius 2 is 2.10 bits per heavy atom. The zero-order valence-electron chi connectivity index (χ0n) is 13.1. The van der Waals surface area contributed by atoms with Gasteiger partial charge in [0.15, 0.2) is 5.60 Å². The lowest BCUT2D eigenvalue weighted by atomic mass is 9.48. The Hall–Kier alpha value is -0.650. The first kappa shape index (κ1) is 14.0. The van der Waals surface area contributed by atoms with E-state index in [1.165, 1.54) is 0 Å². The summed E-state index contributed by atoms with van der Waals surface area (Å²) in [5, 5.41) is 11.4. The van der Waals surface area contributed by atoms with Crippen molar-refractivity contribution in [2.45, 2.75) is 69.5 Å². The number of ether oxygens (including phenoxy) is 3. The fourth-order valence-corrected chi connectivity index (χ4v) is 5.64. The molecular formula is C16H24O5. The van der Waals surface area contributed by atoms with E-state index in [0.29, 0.717) is 18.8 Å². The van der Waals surface area contributed by atoms with Crippen molar-refractivity contribution in [1.29, 1.82) is 0 Å². The van der Waals surface area contributed by atoms with Crippen LogP contribution in [0, 0.1) is 17.3 Å². The van der Waals surface area contributed by atoms with Gasteiger partial charge in [0.05, 0.1) is 11.5 Å². The molecule has 2 saturated heterocycles. The Kier molecular flexibility index (Phi) is 2.42. The molecule has 7 atom stereocenters. The lowest BCUT2D eigenvalue weighted by Gasteiger charge is -2.59. The van der Waals surface area contributed by atoms with Gasteiger partial charge in [0.1, 0.15) is 6.10 Å². The van der Waals surface area contributed by atoms with Crippen molar-refractivity contribution in [3.8, 4) is 0 Å². The molecule has 0 bridgehead atoms. The molecule has 118 valence electrons. The molecular weight excluding hydrogens is 272 g/mol. The fraction of sp³-hybridized carbons (Fsp3) is 0.938. The summed E-state index contributed by atoms with van der Waals surface area (Å²) in [6.07, 6.45) is 2.79. The molecule has 5 heteroatoms. The maximum Gasteiger partial charge on any atom is 0.314 e. The van der Waals surface area contributed by atoms with Crippen LogP contribution in [0.3, 0.4) is 0 Å². The lowest BCUT2D eigenvalue weighted by Crippen LogP contribution is -2.69. The van der Waals surface area contributed by atoms with Gasteiger partial charge in [-0.05, 0) is 25.7 Å². The molecule has 0 amide bonds. The van der Waals surface area contributed by atoms with Gasteiger partial charge in [-0.3, -0.25) is 4.79 Å². The standard InChI is InChI=1S/C16H24O5/c1-9-6-5-7-14(18)8-15-16(21-15,10(2)11(17)20-15)12(19-4)13(9,14)3/h9-10,12,18H,5-8H2,1-4H3. The largest absolute Gasteiger partial charge is 0.429 e. The quantitative estimate of drug-likeness (QED) is 0.588. The molecule has 2 aliphatic heterocycles. The first-order chi connectivity index (χ1) is 9.77. The molecule has 1 N–H and O–H groups in total. The maximum atomic E-state index is 12.1. The molecule has 0 aromatic carbocycles.